The average molecular weight is 392 g/mol. The van der Waals surface area contributed by atoms with Gasteiger partial charge >= 0.3 is 15.6 Å². The normalized spacial score (nSPS) is 40.4. The van der Waals surface area contributed by atoms with Crippen molar-refractivity contribution < 1.29 is 49.5 Å². The number of ether oxygens (including phenoxy) is 5. The summed E-state index contributed by atoms with van der Waals surface area (Å²) in [4.78, 5) is 0. The molecule has 3 aliphatic heterocycles. The van der Waals surface area contributed by atoms with Gasteiger partial charge in [-0.05, 0) is 27.7 Å². The first kappa shape index (κ1) is 19.3. The molecule has 0 radical (unpaired) electrons. The monoisotopic (exact) mass is 392 g/mol. The molecule has 146 valence electrons. The summed E-state index contributed by atoms with van der Waals surface area (Å²) < 4.78 is 93.0. The molecule has 0 amide bonds. The number of rotatable bonds is 3. The molecule has 0 N–H and O–H groups in total. The lowest BCUT2D eigenvalue weighted by Crippen LogP contribution is -2.46. The number of hydrogen-bond donors (Lipinski definition) is 0. The summed E-state index contributed by atoms with van der Waals surface area (Å²) in [7, 11) is -5.86. The van der Waals surface area contributed by atoms with Crippen LogP contribution < -0.4 is 0 Å². The predicted molar refractivity (Wildman–Crippen MR) is 73.4 cm³/mol. The van der Waals surface area contributed by atoms with Crippen LogP contribution in [-0.4, -0.2) is 62.8 Å². The molecule has 0 aromatic heterocycles. The van der Waals surface area contributed by atoms with Crippen LogP contribution in [0.15, 0.2) is 0 Å². The third-order valence-electron chi connectivity index (χ3n) is 3.95. The first-order chi connectivity index (χ1) is 11.2. The minimum atomic E-state index is -5.86. The summed E-state index contributed by atoms with van der Waals surface area (Å²) in [6.07, 6.45) is -5.86. The van der Waals surface area contributed by atoms with E-state index in [1.54, 1.807) is 13.8 Å². The molecular formula is C13H19F3O8S. The Labute approximate surface area is 142 Å². The fourth-order valence-electron chi connectivity index (χ4n) is 2.99. The fraction of sp³-hybridized carbons (Fsp3) is 1.00. The van der Waals surface area contributed by atoms with E-state index in [0.717, 1.165) is 0 Å². The highest BCUT2D eigenvalue weighted by molar-refractivity contribution is 7.87. The van der Waals surface area contributed by atoms with Crippen LogP contribution in [0.25, 0.3) is 0 Å². The first-order valence-electron chi connectivity index (χ1n) is 7.53. The summed E-state index contributed by atoms with van der Waals surface area (Å²) in [5, 5.41) is 0. The molecule has 2 unspecified atom stereocenters. The zero-order valence-corrected chi connectivity index (χ0v) is 14.7. The van der Waals surface area contributed by atoms with Gasteiger partial charge in [0.2, 0.25) is 0 Å². The molecule has 0 aliphatic carbocycles. The van der Waals surface area contributed by atoms with Gasteiger partial charge in [0.25, 0.3) is 0 Å². The van der Waals surface area contributed by atoms with Crippen molar-refractivity contribution in [3.05, 3.63) is 0 Å². The lowest BCUT2D eigenvalue weighted by Gasteiger charge is -2.28. The maximum Gasteiger partial charge on any atom is 0.523 e. The van der Waals surface area contributed by atoms with Crippen LogP contribution in [0, 0.1) is 0 Å². The van der Waals surface area contributed by atoms with Gasteiger partial charge in [0.15, 0.2) is 17.9 Å². The highest BCUT2D eigenvalue weighted by Gasteiger charge is 2.62. The van der Waals surface area contributed by atoms with Gasteiger partial charge in [0.1, 0.15) is 24.4 Å². The van der Waals surface area contributed by atoms with E-state index in [1.165, 1.54) is 13.8 Å². The van der Waals surface area contributed by atoms with Crippen molar-refractivity contribution in [2.45, 2.75) is 75.5 Å². The van der Waals surface area contributed by atoms with Gasteiger partial charge in [-0.3, -0.25) is 4.18 Å². The third kappa shape index (κ3) is 3.66. The largest absolute Gasteiger partial charge is 0.523 e. The molecule has 3 rings (SSSR count). The highest BCUT2D eigenvalue weighted by atomic mass is 32.2. The molecule has 0 aromatic carbocycles. The van der Waals surface area contributed by atoms with Gasteiger partial charge in [-0.25, -0.2) is 0 Å². The van der Waals surface area contributed by atoms with Crippen LogP contribution in [0.1, 0.15) is 27.7 Å². The van der Waals surface area contributed by atoms with Gasteiger partial charge in [0.05, 0.1) is 6.61 Å². The molecule has 8 nitrogen and oxygen atoms in total. The van der Waals surface area contributed by atoms with E-state index in [9.17, 15) is 21.6 Å². The maximum atomic E-state index is 12.7. The second-order valence-corrected chi connectivity index (χ2v) is 8.46. The van der Waals surface area contributed by atoms with Crippen LogP contribution in [0.2, 0.25) is 0 Å². The zero-order chi connectivity index (χ0) is 18.8. The molecule has 5 atom stereocenters. The minimum absolute atomic E-state index is 0.00751. The Morgan fingerprint density at radius 1 is 1.00 bits per heavy atom. The topological polar surface area (TPSA) is 89.5 Å². The zero-order valence-electron chi connectivity index (χ0n) is 13.9. The van der Waals surface area contributed by atoms with E-state index in [0.29, 0.717) is 0 Å². The Kier molecular flexibility index (Phi) is 4.43. The predicted octanol–water partition coefficient (Wildman–Crippen LogP) is 1.25. The Bertz CT molecular complexity index is 632. The van der Waals surface area contributed by atoms with Crippen LogP contribution in [0.4, 0.5) is 13.2 Å². The SMILES string of the molecule is CC1(C)OCC([C@H]2OC3OC(C)(C)O[C@@H]3[C@@H]2OS(=O)(=O)C(F)(F)F)O1. The number of alkyl halides is 3. The van der Waals surface area contributed by atoms with Crippen molar-refractivity contribution in [3.8, 4) is 0 Å². The number of fused-ring (bicyclic) bond motifs is 1. The smallest absolute Gasteiger partial charge is 0.348 e. The summed E-state index contributed by atoms with van der Waals surface area (Å²) >= 11 is 0. The van der Waals surface area contributed by atoms with Gasteiger partial charge in [0, 0.05) is 0 Å². The van der Waals surface area contributed by atoms with Crippen LogP contribution in [0.5, 0.6) is 0 Å². The van der Waals surface area contributed by atoms with Gasteiger partial charge in [-0.15, -0.1) is 0 Å². The van der Waals surface area contributed by atoms with Crippen LogP contribution in [0.3, 0.4) is 0 Å². The van der Waals surface area contributed by atoms with Gasteiger partial charge in [-0.1, -0.05) is 0 Å². The first-order valence-corrected chi connectivity index (χ1v) is 8.94. The second kappa shape index (κ2) is 5.75. The highest BCUT2D eigenvalue weighted by Crippen LogP contribution is 2.43. The molecule has 25 heavy (non-hydrogen) atoms. The summed E-state index contributed by atoms with van der Waals surface area (Å²) in [6.45, 7) is 6.27. The van der Waals surface area contributed by atoms with Gasteiger partial charge < -0.3 is 23.7 Å². The Hall–Kier alpha value is -0.500. The van der Waals surface area contributed by atoms with E-state index < -0.39 is 57.9 Å². The lowest BCUT2D eigenvalue weighted by atomic mass is 10.1. The molecule has 3 fully saturated rings. The van der Waals surface area contributed by atoms with Crippen molar-refractivity contribution in [3.63, 3.8) is 0 Å². The average Bonchev–Trinajstić information content (AvgIpc) is 2.99. The summed E-state index contributed by atoms with van der Waals surface area (Å²) in [5.41, 5.74) is -5.57. The van der Waals surface area contributed by atoms with Crippen molar-refractivity contribution in [2.75, 3.05) is 6.61 Å². The number of hydrogen-bond acceptors (Lipinski definition) is 8. The van der Waals surface area contributed by atoms with Crippen molar-refractivity contribution in [1.29, 1.82) is 0 Å². The number of halogens is 3. The quantitative estimate of drug-likeness (QED) is 0.524. The maximum absolute atomic E-state index is 12.7. The third-order valence-corrected chi connectivity index (χ3v) is 4.99. The molecule has 12 heteroatoms. The summed E-state index contributed by atoms with van der Waals surface area (Å²) in [6, 6.07) is 0. The van der Waals surface area contributed by atoms with Gasteiger partial charge in [-0.2, -0.15) is 21.6 Å². The second-order valence-electron chi connectivity index (χ2n) is 6.90. The van der Waals surface area contributed by atoms with Crippen molar-refractivity contribution >= 4 is 10.1 Å². The molecule has 3 aliphatic rings. The minimum Gasteiger partial charge on any atom is -0.348 e. The fourth-order valence-corrected chi connectivity index (χ4v) is 3.61. The van der Waals surface area contributed by atoms with E-state index >= 15 is 0 Å². The van der Waals surface area contributed by atoms with Crippen molar-refractivity contribution in [1.82, 2.24) is 0 Å². The molecule has 3 saturated heterocycles. The van der Waals surface area contributed by atoms with E-state index in [2.05, 4.69) is 4.18 Å². The van der Waals surface area contributed by atoms with E-state index in [-0.39, 0.29) is 6.61 Å². The van der Waals surface area contributed by atoms with E-state index in [4.69, 9.17) is 23.7 Å². The molecule has 0 aromatic rings. The molecule has 0 spiro atoms. The molecular weight excluding hydrogens is 373 g/mol. The molecule has 0 bridgehead atoms. The van der Waals surface area contributed by atoms with Crippen LogP contribution >= 0.6 is 0 Å². The molecule has 0 saturated carbocycles. The Balaban J connectivity index is 1.86. The Morgan fingerprint density at radius 2 is 1.64 bits per heavy atom. The standard InChI is InChI=1S/C13H19F3O8S/c1-11(2)19-5-6(21-11)7-8(24-25(17,18)13(14,15)16)9-10(20-7)23-12(3,4)22-9/h6-10H,5H2,1-4H3/t6?,7-,8-,9-,10?/m1/s1. The van der Waals surface area contributed by atoms with E-state index in [1.807, 2.05) is 0 Å². The Morgan fingerprint density at radius 3 is 2.16 bits per heavy atom. The van der Waals surface area contributed by atoms with Crippen molar-refractivity contribution in [2.24, 2.45) is 0 Å². The molecule has 3 heterocycles. The lowest BCUT2D eigenvalue weighted by molar-refractivity contribution is -0.230. The summed E-state index contributed by atoms with van der Waals surface area (Å²) in [5.74, 6) is -2.14. The van der Waals surface area contributed by atoms with Crippen LogP contribution in [-0.2, 0) is 38.0 Å².